The smallest absolute Gasteiger partial charge is 0.0236 e. The molecule has 0 radical (unpaired) electrons. The molecule has 2 rings (SSSR count). The molecule has 0 amide bonds. The summed E-state index contributed by atoms with van der Waals surface area (Å²) in [5, 5.41) is 3.78. The van der Waals surface area contributed by atoms with E-state index in [9.17, 15) is 0 Å². The Bertz CT molecular complexity index is 446. The summed E-state index contributed by atoms with van der Waals surface area (Å²) in [5.74, 6) is 0.733. The monoisotopic (exact) mass is 330 g/mol. The highest BCUT2D eigenvalue weighted by Crippen LogP contribution is 2.37. The Labute approximate surface area is 150 Å². The summed E-state index contributed by atoms with van der Waals surface area (Å²) in [6, 6.07) is 11.6. The van der Waals surface area contributed by atoms with Crippen LogP contribution >= 0.6 is 0 Å². The fourth-order valence-corrected chi connectivity index (χ4v) is 3.99. The van der Waals surface area contributed by atoms with Crippen LogP contribution in [0.2, 0.25) is 0 Å². The summed E-state index contributed by atoms with van der Waals surface area (Å²) in [6.45, 7) is 13.9. The molecular weight excluding hydrogens is 292 g/mol. The van der Waals surface area contributed by atoms with Crippen LogP contribution in [0.1, 0.15) is 65.4 Å². The Hall–Kier alpha value is -0.860. The van der Waals surface area contributed by atoms with Crippen molar-refractivity contribution in [2.45, 2.75) is 72.4 Å². The van der Waals surface area contributed by atoms with Gasteiger partial charge in [0.2, 0.25) is 0 Å². The van der Waals surface area contributed by atoms with Gasteiger partial charge >= 0.3 is 0 Å². The van der Waals surface area contributed by atoms with Gasteiger partial charge in [-0.05, 0) is 50.1 Å². The zero-order valence-corrected chi connectivity index (χ0v) is 16.4. The molecule has 136 valence electrons. The molecule has 0 saturated heterocycles. The zero-order valence-electron chi connectivity index (χ0n) is 16.4. The maximum Gasteiger partial charge on any atom is 0.0236 e. The van der Waals surface area contributed by atoms with E-state index in [-0.39, 0.29) is 0 Å². The summed E-state index contributed by atoms with van der Waals surface area (Å²) >= 11 is 0. The number of nitrogens with one attached hydrogen (secondary N) is 1. The highest BCUT2D eigenvalue weighted by atomic mass is 15.2. The molecule has 0 heterocycles. The third-order valence-corrected chi connectivity index (χ3v) is 5.46. The van der Waals surface area contributed by atoms with Crippen LogP contribution in [-0.4, -0.2) is 30.6 Å². The van der Waals surface area contributed by atoms with Gasteiger partial charge in [-0.25, -0.2) is 0 Å². The Morgan fingerprint density at radius 1 is 1.00 bits per heavy atom. The molecule has 1 aliphatic rings. The molecule has 0 spiro atoms. The molecule has 0 bridgehead atoms. The molecule has 1 fully saturated rings. The van der Waals surface area contributed by atoms with Gasteiger partial charge in [0, 0.05) is 25.7 Å². The van der Waals surface area contributed by atoms with Gasteiger partial charge in [-0.15, -0.1) is 0 Å². The average Bonchev–Trinajstić information content (AvgIpc) is 2.55. The van der Waals surface area contributed by atoms with Gasteiger partial charge in [0.25, 0.3) is 0 Å². The van der Waals surface area contributed by atoms with E-state index in [0.717, 1.165) is 19.0 Å². The van der Waals surface area contributed by atoms with Crippen LogP contribution in [0, 0.1) is 11.3 Å². The van der Waals surface area contributed by atoms with Crippen LogP contribution in [-0.2, 0) is 6.54 Å². The van der Waals surface area contributed by atoms with E-state index < -0.39 is 0 Å². The highest BCUT2D eigenvalue weighted by Gasteiger charge is 2.34. The SMILES string of the molecule is CC(C)CNCC1(CN(Cc2ccccc2)C(C)C)CCCCC1. The fraction of sp³-hybridized carbons (Fsp3) is 0.727. The lowest BCUT2D eigenvalue weighted by atomic mass is 9.73. The standard InChI is InChI=1S/C22H38N2/c1-19(2)15-23-17-22(13-9-6-10-14-22)18-24(20(3)4)16-21-11-7-5-8-12-21/h5,7-8,11-12,19-20,23H,6,9-10,13-18H2,1-4H3. The molecule has 1 N–H and O–H groups in total. The molecule has 0 unspecified atom stereocenters. The van der Waals surface area contributed by atoms with Crippen molar-refractivity contribution < 1.29 is 0 Å². The van der Waals surface area contributed by atoms with Gasteiger partial charge < -0.3 is 5.32 Å². The largest absolute Gasteiger partial charge is 0.316 e. The third-order valence-electron chi connectivity index (χ3n) is 5.46. The third kappa shape index (κ3) is 6.22. The first kappa shape index (κ1) is 19.5. The second-order valence-electron chi connectivity index (χ2n) is 8.57. The van der Waals surface area contributed by atoms with Crippen LogP contribution in [0.5, 0.6) is 0 Å². The Balaban J connectivity index is 2.03. The van der Waals surface area contributed by atoms with E-state index in [1.54, 1.807) is 0 Å². The maximum atomic E-state index is 3.78. The van der Waals surface area contributed by atoms with Crippen molar-refractivity contribution in [3.8, 4) is 0 Å². The Morgan fingerprint density at radius 2 is 1.67 bits per heavy atom. The summed E-state index contributed by atoms with van der Waals surface area (Å²) in [4.78, 5) is 2.69. The fourth-order valence-electron chi connectivity index (χ4n) is 3.99. The molecule has 0 atom stereocenters. The van der Waals surface area contributed by atoms with E-state index in [1.165, 1.54) is 50.8 Å². The van der Waals surface area contributed by atoms with Gasteiger partial charge in [-0.2, -0.15) is 0 Å². The second kappa shape index (κ2) is 9.58. The first-order valence-electron chi connectivity index (χ1n) is 9.99. The lowest BCUT2D eigenvalue weighted by Gasteiger charge is -2.43. The van der Waals surface area contributed by atoms with Crippen molar-refractivity contribution >= 4 is 0 Å². The van der Waals surface area contributed by atoms with E-state index >= 15 is 0 Å². The van der Waals surface area contributed by atoms with Crippen molar-refractivity contribution in [2.75, 3.05) is 19.6 Å². The van der Waals surface area contributed by atoms with Crippen molar-refractivity contribution in [3.63, 3.8) is 0 Å². The maximum absolute atomic E-state index is 3.78. The average molecular weight is 331 g/mol. The minimum atomic E-state index is 0.464. The number of hydrogen-bond donors (Lipinski definition) is 1. The number of benzene rings is 1. The summed E-state index contributed by atoms with van der Waals surface area (Å²) in [6.07, 6.45) is 7.00. The van der Waals surface area contributed by atoms with Gasteiger partial charge in [-0.1, -0.05) is 63.4 Å². The Morgan fingerprint density at radius 3 is 2.25 bits per heavy atom. The Kier molecular flexibility index (Phi) is 7.77. The summed E-state index contributed by atoms with van der Waals surface area (Å²) in [7, 11) is 0. The first-order valence-corrected chi connectivity index (χ1v) is 9.99. The zero-order chi connectivity index (χ0) is 17.4. The molecular formula is C22H38N2. The van der Waals surface area contributed by atoms with Crippen LogP contribution in [0.15, 0.2) is 30.3 Å². The van der Waals surface area contributed by atoms with E-state index in [4.69, 9.17) is 0 Å². The molecule has 2 nitrogen and oxygen atoms in total. The quantitative estimate of drug-likeness (QED) is 0.678. The van der Waals surface area contributed by atoms with Crippen molar-refractivity contribution in [2.24, 2.45) is 11.3 Å². The van der Waals surface area contributed by atoms with Crippen LogP contribution < -0.4 is 5.32 Å². The van der Waals surface area contributed by atoms with Gasteiger partial charge in [0.1, 0.15) is 0 Å². The molecule has 1 aromatic rings. The molecule has 1 aromatic carbocycles. The molecule has 0 aliphatic heterocycles. The van der Waals surface area contributed by atoms with Gasteiger partial charge in [0.15, 0.2) is 0 Å². The van der Waals surface area contributed by atoms with E-state index in [2.05, 4.69) is 68.2 Å². The predicted octanol–water partition coefficient (Wildman–Crippen LogP) is 5.09. The lowest BCUT2D eigenvalue weighted by Crippen LogP contribution is -2.47. The normalized spacial score (nSPS) is 17.8. The van der Waals surface area contributed by atoms with Gasteiger partial charge in [-0.3, -0.25) is 4.90 Å². The molecule has 24 heavy (non-hydrogen) atoms. The highest BCUT2D eigenvalue weighted by molar-refractivity contribution is 5.14. The van der Waals surface area contributed by atoms with E-state index in [1.807, 2.05) is 0 Å². The van der Waals surface area contributed by atoms with Crippen LogP contribution in [0.25, 0.3) is 0 Å². The predicted molar refractivity (Wildman–Crippen MR) is 105 cm³/mol. The van der Waals surface area contributed by atoms with Crippen molar-refractivity contribution in [1.29, 1.82) is 0 Å². The minimum absolute atomic E-state index is 0.464. The van der Waals surface area contributed by atoms with Gasteiger partial charge in [0.05, 0.1) is 0 Å². The number of hydrogen-bond acceptors (Lipinski definition) is 2. The molecule has 2 heteroatoms. The minimum Gasteiger partial charge on any atom is -0.316 e. The van der Waals surface area contributed by atoms with Crippen LogP contribution in [0.3, 0.4) is 0 Å². The number of rotatable bonds is 9. The number of nitrogens with zero attached hydrogens (tertiary/aromatic N) is 1. The molecule has 1 saturated carbocycles. The van der Waals surface area contributed by atoms with Crippen LogP contribution in [0.4, 0.5) is 0 Å². The lowest BCUT2D eigenvalue weighted by molar-refractivity contribution is 0.0777. The summed E-state index contributed by atoms with van der Waals surface area (Å²) in [5.41, 5.74) is 1.90. The molecule has 1 aliphatic carbocycles. The first-order chi connectivity index (χ1) is 11.5. The van der Waals surface area contributed by atoms with E-state index in [0.29, 0.717) is 11.5 Å². The van der Waals surface area contributed by atoms with Crippen molar-refractivity contribution in [3.05, 3.63) is 35.9 Å². The second-order valence-corrected chi connectivity index (χ2v) is 8.57. The molecule has 0 aromatic heterocycles. The summed E-state index contributed by atoms with van der Waals surface area (Å²) < 4.78 is 0. The van der Waals surface area contributed by atoms with Crippen molar-refractivity contribution in [1.82, 2.24) is 10.2 Å². The topological polar surface area (TPSA) is 15.3 Å².